The Bertz CT molecular complexity index is 655. The number of carbonyl (C=O) groups excluding carboxylic acids is 1. The van der Waals surface area contributed by atoms with E-state index in [0.29, 0.717) is 18.8 Å². The number of rotatable bonds is 5. The maximum Gasteiger partial charge on any atom is 0.354 e. The fourth-order valence-corrected chi connectivity index (χ4v) is 1.86. The van der Waals surface area contributed by atoms with Gasteiger partial charge in [-0.05, 0) is 11.5 Å². The molecule has 3 N–H and O–H groups in total. The van der Waals surface area contributed by atoms with Crippen LogP contribution in [-0.2, 0) is 4.79 Å². The minimum absolute atomic E-state index is 0.0221. The van der Waals surface area contributed by atoms with E-state index in [4.69, 9.17) is 5.11 Å². The number of anilines is 1. The molecule has 0 spiro atoms. The van der Waals surface area contributed by atoms with Crippen LogP contribution in [0.15, 0.2) is 30.3 Å². The molecule has 0 atom stereocenters. The average Bonchev–Trinajstić information content (AvgIpc) is 2.46. The van der Waals surface area contributed by atoms with Gasteiger partial charge < -0.3 is 15.7 Å². The Morgan fingerprint density at radius 3 is 2.75 bits per heavy atom. The van der Waals surface area contributed by atoms with Gasteiger partial charge in [0.1, 0.15) is 5.82 Å². The second kappa shape index (κ2) is 6.01. The molecule has 0 aliphatic rings. The zero-order valence-electron chi connectivity index (χ0n) is 11.0. The lowest BCUT2D eigenvalue weighted by Gasteiger charge is -2.09. The fraction of sp³-hybridized carbons (Fsp3) is 0.214. The van der Waals surface area contributed by atoms with Gasteiger partial charge in [-0.3, -0.25) is 4.79 Å². The molecule has 0 aliphatic carbocycles. The molecule has 1 aromatic carbocycles. The Labute approximate surface area is 115 Å². The number of fused-ring (bicyclic) bond motifs is 1. The van der Waals surface area contributed by atoms with Gasteiger partial charge in [0.25, 0.3) is 0 Å². The number of pyridine rings is 1. The van der Waals surface area contributed by atoms with Gasteiger partial charge in [-0.25, -0.2) is 9.78 Å². The van der Waals surface area contributed by atoms with Crippen LogP contribution in [0.25, 0.3) is 10.8 Å². The lowest BCUT2D eigenvalue weighted by atomic mass is 10.1. The summed E-state index contributed by atoms with van der Waals surface area (Å²) in [6.07, 6.45) is 0.295. The van der Waals surface area contributed by atoms with Crippen molar-refractivity contribution >= 4 is 28.5 Å². The van der Waals surface area contributed by atoms with Gasteiger partial charge in [0.05, 0.1) is 0 Å². The Balaban J connectivity index is 2.30. The zero-order chi connectivity index (χ0) is 14.5. The maximum atomic E-state index is 11.2. The first-order valence-corrected chi connectivity index (χ1v) is 6.19. The number of carboxylic acid groups (broad SMARTS) is 1. The second-order valence-corrected chi connectivity index (χ2v) is 4.23. The van der Waals surface area contributed by atoms with Crippen molar-refractivity contribution in [1.29, 1.82) is 0 Å². The molecule has 0 aliphatic heterocycles. The molecule has 0 saturated heterocycles. The molecule has 20 heavy (non-hydrogen) atoms. The van der Waals surface area contributed by atoms with E-state index >= 15 is 0 Å². The van der Waals surface area contributed by atoms with E-state index in [1.807, 2.05) is 24.3 Å². The maximum absolute atomic E-state index is 11.2. The normalized spacial score (nSPS) is 10.2. The summed E-state index contributed by atoms with van der Waals surface area (Å²) in [7, 11) is 1.57. The van der Waals surface area contributed by atoms with Crippen molar-refractivity contribution in [2.75, 3.05) is 18.9 Å². The van der Waals surface area contributed by atoms with E-state index in [-0.39, 0.29) is 11.6 Å². The summed E-state index contributed by atoms with van der Waals surface area (Å²) in [5, 5.41) is 16.2. The number of carbonyl (C=O) groups is 2. The molecule has 6 heteroatoms. The highest BCUT2D eigenvalue weighted by molar-refractivity contribution is 5.97. The molecular formula is C14H15N3O3. The van der Waals surface area contributed by atoms with Crippen LogP contribution in [0.1, 0.15) is 16.9 Å². The van der Waals surface area contributed by atoms with Gasteiger partial charge in [-0.1, -0.05) is 24.3 Å². The van der Waals surface area contributed by atoms with Crippen LogP contribution in [-0.4, -0.2) is 35.6 Å². The highest BCUT2D eigenvalue weighted by atomic mass is 16.4. The molecule has 0 saturated carbocycles. The predicted molar refractivity (Wildman–Crippen MR) is 75.9 cm³/mol. The molecule has 1 aromatic heterocycles. The van der Waals surface area contributed by atoms with Crippen molar-refractivity contribution in [1.82, 2.24) is 10.3 Å². The molecule has 0 unspecified atom stereocenters. The van der Waals surface area contributed by atoms with Crippen molar-refractivity contribution in [2.45, 2.75) is 6.42 Å². The standard InChI is InChI=1S/C14H15N3O3/c1-15-12(18)6-7-16-13-10-5-3-2-4-9(10)8-11(17-13)14(19)20/h2-5,8H,6-7H2,1H3,(H,15,18)(H,16,17)(H,19,20). The average molecular weight is 273 g/mol. The summed E-state index contributed by atoms with van der Waals surface area (Å²) in [6.45, 7) is 0.389. The third-order valence-electron chi connectivity index (χ3n) is 2.88. The number of nitrogens with one attached hydrogen (secondary N) is 2. The number of hydrogen-bond donors (Lipinski definition) is 3. The van der Waals surface area contributed by atoms with E-state index < -0.39 is 5.97 Å². The lowest BCUT2D eigenvalue weighted by molar-refractivity contribution is -0.120. The first-order chi connectivity index (χ1) is 9.61. The van der Waals surface area contributed by atoms with E-state index in [1.54, 1.807) is 7.05 Å². The second-order valence-electron chi connectivity index (χ2n) is 4.23. The van der Waals surface area contributed by atoms with Crippen molar-refractivity contribution < 1.29 is 14.7 Å². The number of amides is 1. The van der Waals surface area contributed by atoms with E-state index in [2.05, 4.69) is 15.6 Å². The van der Waals surface area contributed by atoms with Gasteiger partial charge in [0.15, 0.2) is 5.69 Å². The predicted octanol–water partition coefficient (Wildman–Crippen LogP) is 1.48. The molecule has 2 rings (SSSR count). The molecule has 1 amide bonds. The number of hydrogen-bond acceptors (Lipinski definition) is 4. The summed E-state index contributed by atoms with van der Waals surface area (Å²) < 4.78 is 0. The number of aromatic carboxylic acids is 1. The molecule has 0 fully saturated rings. The first-order valence-electron chi connectivity index (χ1n) is 6.19. The highest BCUT2D eigenvalue weighted by Gasteiger charge is 2.10. The van der Waals surface area contributed by atoms with Crippen LogP contribution in [0, 0.1) is 0 Å². The minimum Gasteiger partial charge on any atom is -0.477 e. The summed E-state index contributed by atoms with van der Waals surface area (Å²) in [6, 6.07) is 8.90. The van der Waals surface area contributed by atoms with Gasteiger partial charge in [0, 0.05) is 25.4 Å². The Morgan fingerprint density at radius 2 is 2.05 bits per heavy atom. The quantitative estimate of drug-likeness (QED) is 0.767. The first kappa shape index (κ1) is 13.8. The largest absolute Gasteiger partial charge is 0.477 e. The van der Waals surface area contributed by atoms with Gasteiger partial charge >= 0.3 is 5.97 Å². The minimum atomic E-state index is -1.08. The zero-order valence-corrected chi connectivity index (χ0v) is 11.0. The summed E-state index contributed by atoms with van der Waals surface area (Å²) >= 11 is 0. The Morgan fingerprint density at radius 1 is 1.30 bits per heavy atom. The number of aromatic nitrogens is 1. The van der Waals surface area contributed by atoms with Gasteiger partial charge in [-0.15, -0.1) is 0 Å². The third-order valence-corrected chi connectivity index (χ3v) is 2.88. The molecular weight excluding hydrogens is 258 g/mol. The molecule has 2 aromatic rings. The highest BCUT2D eigenvalue weighted by Crippen LogP contribution is 2.22. The van der Waals surface area contributed by atoms with Crippen molar-refractivity contribution in [3.63, 3.8) is 0 Å². The van der Waals surface area contributed by atoms with E-state index in [9.17, 15) is 9.59 Å². The van der Waals surface area contributed by atoms with Crippen molar-refractivity contribution in [2.24, 2.45) is 0 Å². The Hall–Kier alpha value is -2.63. The molecule has 104 valence electrons. The lowest BCUT2D eigenvalue weighted by Crippen LogP contribution is -2.21. The topological polar surface area (TPSA) is 91.3 Å². The summed E-state index contributed by atoms with van der Waals surface area (Å²) in [4.78, 5) is 26.3. The molecule has 0 radical (unpaired) electrons. The van der Waals surface area contributed by atoms with Crippen LogP contribution >= 0.6 is 0 Å². The third kappa shape index (κ3) is 3.03. The fourth-order valence-electron chi connectivity index (χ4n) is 1.86. The van der Waals surface area contributed by atoms with Crippen LogP contribution in [0.2, 0.25) is 0 Å². The Kier molecular flexibility index (Phi) is 4.14. The molecule has 1 heterocycles. The molecule has 6 nitrogen and oxygen atoms in total. The van der Waals surface area contributed by atoms with Crippen LogP contribution in [0.5, 0.6) is 0 Å². The van der Waals surface area contributed by atoms with E-state index in [1.165, 1.54) is 6.07 Å². The summed E-state index contributed by atoms with van der Waals surface area (Å²) in [5.74, 6) is -0.689. The summed E-state index contributed by atoms with van der Waals surface area (Å²) in [5.41, 5.74) is -0.0221. The number of benzene rings is 1. The van der Waals surface area contributed by atoms with Gasteiger partial charge in [-0.2, -0.15) is 0 Å². The van der Waals surface area contributed by atoms with Crippen LogP contribution in [0.3, 0.4) is 0 Å². The SMILES string of the molecule is CNC(=O)CCNc1nc(C(=O)O)cc2ccccc12. The van der Waals surface area contributed by atoms with Crippen LogP contribution in [0.4, 0.5) is 5.82 Å². The number of nitrogens with zero attached hydrogens (tertiary/aromatic N) is 1. The van der Waals surface area contributed by atoms with Crippen molar-refractivity contribution in [3.05, 3.63) is 36.0 Å². The van der Waals surface area contributed by atoms with E-state index in [0.717, 1.165) is 10.8 Å². The molecule has 0 bridgehead atoms. The smallest absolute Gasteiger partial charge is 0.354 e. The van der Waals surface area contributed by atoms with Gasteiger partial charge in [0.2, 0.25) is 5.91 Å². The van der Waals surface area contributed by atoms with Crippen molar-refractivity contribution in [3.8, 4) is 0 Å². The van der Waals surface area contributed by atoms with Crippen LogP contribution < -0.4 is 10.6 Å². The monoisotopic (exact) mass is 273 g/mol. The number of carboxylic acids is 1.